The summed E-state index contributed by atoms with van der Waals surface area (Å²) < 4.78 is 22.1. The maximum Gasteiger partial charge on any atom is 0.294 e. The Balaban J connectivity index is 1.18. The van der Waals surface area contributed by atoms with Crippen LogP contribution >= 0.6 is 24.4 Å². The Hall–Kier alpha value is -3.76. The minimum Gasteiger partial charge on any atom is -0.494 e. The van der Waals surface area contributed by atoms with Gasteiger partial charge in [0, 0.05) is 0 Å². The predicted octanol–water partition coefficient (Wildman–Crippen LogP) is 3.86. The number of nitrogens with one attached hydrogen (secondary N) is 2. The highest BCUT2D eigenvalue weighted by atomic mass is 32.1. The summed E-state index contributed by atoms with van der Waals surface area (Å²) in [6, 6.07) is 14.7. The monoisotopic (exact) mass is 510 g/mol. The highest BCUT2D eigenvalue weighted by Gasteiger charge is 2.23. The SMILES string of the molecule is CC(CCCOc1ccc(/C=C2/OC(=S)NC2=O)cc1)Oc1ccc(/C=C2/OC(=S)NC2=O)cc1. The molecule has 35 heavy (non-hydrogen) atoms. The molecule has 0 aromatic heterocycles. The molecular weight excluding hydrogens is 488 g/mol. The van der Waals surface area contributed by atoms with Gasteiger partial charge in [0.05, 0.1) is 12.7 Å². The Morgan fingerprint density at radius 2 is 1.31 bits per heavy atom. The molecule has 0 aliphatic carbocycles. The van der Waals surface area contributed by atoms with Gasteiger partial charge < -0.3 is 18.9 Å². The van der Waals surface area contributed by atoms with Gasteiger partial charge in [0.2, 0.25) is 0 Å². The van der Waals surface area contributed by atoms with Crippen molar-refractivity contribution in [2.24, 2.45) is 0 Å². The molecule has 2 heterocycles. The second kappa shape index (κ2) is 11.1. The van der Waals surface area contributed by atoms with Crippen LogP contribution in [0.1, 0.15) is 30.9 Å². The van der Waals surface area contributed by atoms with Crippen LogP contribution in [0.4, 0.5) is 0 Å². The first-order chi connectivity index (χ1) is 16.9. The highest BCUT2D eigenvalue weighted by molar-refractivity contribution is 7.80. The van der Waals surface area contributed by atoms with Crippen molar-refractivity contribution in [2.45, 2.75) is 25.9 Å². The molecule has 2 aliphatic rings. The minimum atomic E-state index is -0.350. The summed E-state index contributed by atoms with van der Waals surface area (Å²) in [5, 5.41) is 4.96. The second-order valence-electron chi connectivity index (χ2n) is 7.76. The van der Waals surface area contributed by atoms with Crippen molar-refractivity contribution < 1.29 is 28.5 Å². The summed E-state index contributed by atoms with van der Waals surface area (Å²) in [6.07, 6.45) is 4.87. The van der Waals surface area contributed by atoms with Crippen molar-refractivity contribution in [3.8, 4) is 11.5 Å². The van der Waals surface area contributed by atoms with E-state index in [1.54, 1.807) is 12.2 Å². The van der Waals surface area contributed by atoms with E-state index < -0.39 is 0 Å². The lowest BCUT2D eigenvalue weighted by molar-refractivity contribution is -0.117. The zero-order valence-corrected chi connectivity index (χ0v) is 20.4. The minimum absolute atomic E-state index is 0.00163. The topological polar surface area (TPSA) is 95.1 Å². The van der Waals surface area contributed by atoms with Gasteiger partial charge in [-0.15, -0.1) is 0 Å². The average molecular weight is 511 g/mol. The number of carbonyl (C=O) groups excluding carboxylic acids is 2. The van der Waals surface area contributed by atoms with Gasteiger partial charge in [0.1, 0.15) is 11.5 Å². The molecule has 2 aliphatic heterocycles. The number of rotatable bonds is 9. The molecule has 4 rings (SSSR count). The van der Waals surface area contributed by atoms with E-state index in [9.17, 15) is 9.59 Å². The molecule has 0 spiro atoms. The summed E-state index contributed by atoms with van der Waals surface area (Å²) in [7, 11) is 0. The maximum atomic E-state index is 11.7. The van der Waals surface area contributed by atoms with Crippen LogP contribution in [0.5, 0.6) is 11.5 Å². The van der Waals surface area contributed by atoms with Gasteiger partial charge >= 0.3 is 0 Å². The zero-order chi connectivity index (χ0) is 24.8. The Kier molecular flexibility index (Phi) is 7.74. The number of thiocarbonyl (C=S) groups is 2. The van der Waals surface area contributed by atoms with Crippen LogP contribution in [0, 0.1) is 0 Å². The zero-order valence-electron chi connectivity index (χ0n) is 18.7. The largest absolute Gasteiger partial charge is 0.494 e. The first-order valence-electron chi connectivity index (χ1n) is 10.8. The van der Waals surface area contributed by atoms with Crippen LogP contribution < -0.4 is 20.1 Å². The van der Waals surface area contributed by atoms with Crippen molar-refractivity contribution in [3.63, 3.8) is 0 Å². The number of hydrogen-bond acceptors (Lipinski definition) is 8. The van der Waals surface area contributed by atoms with E-state index in [1.807, 2.05) is 55.5 Å². The number of amides is 2. The average Bonchev–Trinajstić information content (AvgIpc) is 3.32. The third-order valence-corrected chi connectivity index (χ3v) is 5.37. The molecule has 2 fully saturated rings. The molecule has 2 aromatic carbocycles. The molecule has 1 unspecified atom stereocenters. The van der Waals surface area contributed by atoms with Gasteiger partial charge in [-0.05, 0) is 91.7 Å². The molecule has 1 atom stereocenters. The van der Waals surface area contributed by atoms with Gasteiger partial charge in [0.15, 0.2) is 11.5 Å². The van der Waals surface area contributed by atoms with E-state index in [0.717, 1.165) is 35.5 Å². The number of benzene rings is 2. The van der Waals surface area contributed by atoms with E-state index in [1.165, 1.54) is 0 Å². The van der Waals surface area contributed by atoms with Gasteiger partial charge in [-0.3, -0.25) is 20.2 Å². The Morgan fingerprint density at radius 1 is 0.829 bits per heavy atom. The molecule has 2 N–H and O–H groups in total. The molecule has 10 heteroatoms. The molecular formula is C25H22N2O6S2. The summed E-state index contributed by atoms with van der Waals surface area (Å²) in [5.41, 5.74) is 1.61. The Bertz CT molecular complexity index is 1210. The molecule has 0 radical (unpaired) electrons. The first-order valence-corrected chi connectivity index (χ1v) is 11.7. The summed E-state index contributed by atoms with van der Waals surface area (Å²) in [4.78, 5) is 23.3. The van der Waals surface area contributed by atoms with Crippen LogP contribution in [0.25, 0.3) is 12.2 Å². The van der Waals surface area contributed by atoms with Crippen molar-refractivity contribution in [3.05, 3.63) is 71.2 Å². The van der Waals surface area contributed by atoms with Crippen LogP contribution in [0.3, 0.4) is 0 Å². The molecule has 2 amide bonds. The Morgan fingerprint density at radius 3 is 1.77 bits per heavy atom. The number of hydrogen-bond donors (Lipinski definition) is 2. The molecule has 0 saturated carbocycles. The van der Waals surface area contributed by atoms with E-state index in [-0.39, 0.29) is 39.8 Å². The van der Waals surface area contributed by atoms with Crippen LogP contribution in [-0.2, 0) is 19.1 Å². The third-order valence-electron chi connectivity index (χ3n) is 5.00. The standard InChI is InChI=1S/C25H22N2O6S2/c1-15(31-19-10-6-17(7-11-19)14-21-23(29)27-25(35)33-21)3-2-12-30-18-8-4-16(5-9-18)13-20-22(28)26-24(34)32-20/h4-11,13-15H,2-3,12H2,1H3,(H,26,28,34)(H,27,29,35)/b20-13+,21-14+. The molecule has 0 bridgehead atoms. The third kappa shape index (κ3) is 6.87. The van der Waals surface area contributed by atoms with E-state index in [4.69, 9.17) is 43.4 Å². The maximum absolute atomic E-state index is 11.7. The molecule has 180 valence electrons. The molecule has 2 aromatic rings. The van der Waals surface area contributed by atoms with Gasteiger partial charge in [-0.2, -0.15) is 0 Å². The summed E-state index contributed by atoms with van der Waals surface area (Å²) >= 11 is 9.63. The fourth-order valence-corrected chi connectivity index (χ4v) is 3.66. The number of ether oxygens (including phenoxy) is 4. The fourth-order valence-electron chi connectivity index (χ4n) is 3.30. The van der Waals surface area contributed by atoms with E-state index >= 15 is 0 Å². The van der Waals surface area contributed by atoms with E-state index in [2.05, 4.69) is 10.6 Å². The smallest absolute Gasteiger partial charge is 0.294 e. The highest BCUT2D eigenvalue weighted by Crippen LogP contribution is 2.20. The van der Waals surface area contributed by atoms with Crippen LogP contribution in [-0.4, -0.2) is 34.9 Å². The molecule has 2 saturated heterocycles. The van der Waals surface area contributed by atoms with E-state index in [0.29, 0.717) is 6.61 Å². The van der Waals surface area contributed by atoms with Crippen LogP contribution in [0.15, 0.2) is 60.0 Å². The van der Waals surface area contributed by atoms with Crippen molar-refractivity contribution in [2.75, 3.05) is 6.61 Å². The molecule has 8 nitrogen and oxygen atoms in total. The van der Waals surface area contributed by atoms with Crippen molar-refractivity contribution in [1.82, 2.24) is 10.6 Å². The van der Waals surface area contributed by atoms with Crippen LogP contribution in [0.2, 0.25) is 0 Å². The predicted molar refractivity (Wildman–Crippen MR) is 137 cm³/mol. The Labute approximate surface area is 212 Å². The summed E-state index contributed by atoms with van der Waals surface area (Å²) in [5.74, 6) is 1.11. The fraction of sp³-hybridized carbons (Fsp3) is 0.200. The quantitative estimate of drug-likeness (QED) is 0.298. The van der Waals surface area contributed by atoms with Gasteiger partial charge in [-0.25, -0.2) is 0 Å². The lowest BCUT2D eigenvalue weighted by atomic mass is 10.2. The normalized spacial score (nSPS) is 18.2. The summed E-state index contributed by atoms with van der Waals surface area (Å²) in [6.45, 7) is 2.55. The number of carbonyl (C=O) groups is 2. The van der Waals surface area contributed by atoms with Gasteiger partial charge in [0.25, 0.3) is 22.2 Å². The van der Waals surface area contributed by atoms with Gasteiger partial charge in [-0.1, -0.05) is 24.3 Å². The van der Waals surface area contributed by atoms with Crippen molar-refractivity contribution in [1.29, 1.82) is 0 Å². The second-order valence-corrected chi connectivity index (χ2v) is 8.50. The first kappa shape index (κ1) is 24.4. The lowest BCUT2D eigenvalue weighted by Crippen LogP contribution is -2.18. The van der Waals surface area contributed by atoms with Crippen molar-refractivity contribution >= 4 is 58.8 Å². The lowest BCUT2D eigenvalue weighted by Gasteiger charge is -2.15.